The van der Waals surface area contributed by atoms with Crippen LogP contribution in [0.25, 0.3) is 6.08 Å². The van der Waals surface area contributed by atoms with Crippen LogP contribution in [-0.2, 0) is 19.9 Å². The minimum Gasteiger partial charge on any atom is -0.223 e. The van der Waals surface area contributed by atoms with Crippen molar-refractivity contribution in [3.05, 3.63) is 70.1 Å². The highest BCUT2D eigenvalue weighted by molar-refractivity contribution is 7.93. The zero-order chi connectivity index (χ0) is 18.9. The Labute approximate surface area is 158 Å². The molecule has 138 valence electrons. The smallest absolute Gasteiger partial charge is 0.223 e. The summed E-state index contributed by atoms with van der Waals surface area (Å²) >= 11 is 5.78. The Balaban J connectivity index is 1.68. The van der Waals surface area contributed by atoms with Gasteiger partial charge in [-0.2, -0.15) is 4.31 Å². The van der Waals surface area contributed by atoms with Gasteiger partial charge in [0, 0.05) is 23.5 Å². The Hall–Kier alpha value is -1.67. The monoisotopic (exact) mass is 411 g/mol. The van der Waals surface area contributed by atoms with Crippen LogP contribution >= 0.6 is 11.6 Å². The van der Waals surface area contributed by atoms with Crippen LogP contribution in [0.3, 0.4) is 0 Å². The lowest BCUT2D eigenvalue weighted by molar-refractivity contribution is 0.313. The molecule has 0 aliphatic carbocycles. The van der Waals surface area contributed by atoms with Crippen LogP contribution in [0.15, 0.2) is 58.8 Å². The van der Waals surface area contributed by atoms with Crippen molar-refractivity contribution in [1.82, 2.24) is 4.31 Å². The quantitative estimate of drug-likeness (QED) is 0.757. The van der Waals surface area contributed by atoms with Gasteiger partial charge < -0.3 is 0 Å². The third-order valence-electron chi connectivity index (χ3n) is 4.27. The molecule has 0 aromatic heterocycles. The zero-order valence-corrected chi connectivity index (χ0v) is 16.4. The summed E-state index contributed by atoms with van der Waals surface area (Å²) in [5.74, 6) is 0. The van der Waals surface area contributed by atoms with Gasteiger partial charge in [-0.05, 0) is 42.8 Å². The third-order valence-corrected chi connectivity index (χ3v) is 8.12. The Kier molecular flexibility index (Phi) is 5.25. The minimum atomic E-state index is -3.65. The second-order valence-corrected chi connectivity index (χ2v) is 10.7. The standard InChI is InChI=1S/C18H18ClNO4S2/c1-14-2-4-15(5-3-14)10-11-25(21,22)20-12-18(13-20)26(23,24)17-8-6-16(19)7-9-17/h2-11,18H,12-13H2,1H3/b11-10+. The van der Waals surface area contributed by atoms with E-state index in [4.69, 9.17) is 11.6 Å². The maximum absolute atomic E-state index is 12.5. The van der Waals surface area contributed by atoms with Crippen molar-refractivity contribution in [2.75, 3.05) is 13.1 Å². The van der Waals surface area contributed by atoms with Crippen molar-refractivity contribution >= 4 is 37.5 Å². The molecule has 0 amide bonds. The Morgan fingerprint density at radius 2 is 1.54 bits per heavy atom. The summed E-state index contributed by atoms with van der Waals surface area (Å²) in [4.78, 5) is 0.152. The summed E-state index contributed by atoms with van der Waals surface area (Å²) in [6, 6.07) is 13.3. The average molecular weight is 412 g/mol. The molecule has 0 bridgehead atoms. The van der Waals surface area contributed by atoms with E-state index in [0.717, 1.165) is 20.8 Å². The molecule has 0 radical (unpaired) electrons. The lowest BCUT2D eigenvalue weighted by Gasteiger charge is -2.36. The predicted molar refractivity (Wildman–Crippen MR) is 103 cm³/mol. The largest absolute Gasteiger partial charge is 0.236 e. The van der Waals surface area contributed by atoms with Crippen LogP contribution < -0.4 is 0 Å². The molecule has 0 N–H and O–H groups in total. The number of hydrogen-bond acceptors (Lipinski definition) is 4. The first-order valence-electron chi connectivity index (χ1n) is 7.93. The molecule has 1 saturated heterocycles. The van der Waals surface area contributed by atoms with Crippen LogP contribution in [0.4, 0.5) is 0 Å². The maximum atomic E-state index is 12.5. The van der Waals surface area contributed by atoms with Crippen LogP contribution in [0, 0.1) is 6.92 Å². The van der Waals surface area contributed by atoms with Crippen LogP contribution in [-0.4, -0.2) is 39.5 Å². The van der Waals surface area contributed by atoms with Gasteiger partial charge in [-0.15, -0.1) is 0 Å². The second kappa shape index (κ2) is 7.15. The Morgan fingerprint density at radius 3 is 2.12 bits per heavy atom. The molecular formula is C18H18ClNO4S2. The van der Waals surface area contributed by atoms with Gasteiger partial charge >= 0.3 is 0 Å². The summed E-state index contributed by atoms with van der Waals surface area (Å²) < 4.78 is 50.9. The van der Waals surface area contributed by atoms with Crippen LogP contribution in [0.1, 0.15) is 11.1 Å². The van der Waals surface area contributed by atoms with Crippen molar-refractivity contribution in [2.24, 2.45) is 0 Å². The number of hydrogen-bond donors (Lipinski definition) is 0. The first-order valence-corrected chi connectivity index (χ1v) is 11.4. The summed E-state index contributed by atoms with van der Waals surface area (Å²) in [7, 11) is -7.22. The highest BCUT2D eigenvalue weighted by atomic mass is 35.5. The fourth-order valence-corrected chi connectivity index (χ4v) is 5.79. The second-order valence-electron chi connectivity index (χ2n) is 6.20. The molecule has 3 rings (SSSR count). The lowest BCUT2D eigenvalue weighted by Crippen LogP contribution is -2.56. The van der Waals surface area contributed by atoms with Crippen molar-refractivity contribution < 1.29 is 16.8 Å². The molecule has 8 heteroatoms. The highest BCUT2D eigenvalue weighted by Gasteiger charge is 2.42. The SMILES string of the molecule is Cc1ccc(/C=C/S(=O)(=O)N2CC(S(=O)(=O)c3ccc(Cl)cc3)C2)cc1. The summed E-state index contributed by atoms with van der Waals surface area (Å²) in [6.45, 7) is 1.85. The molecule has 0 atom stereocenters. The van der Waals surface area contributed by atoms with Gasteiger partial charge in [0.2, 0.25) is 10.0 Å². The van der Waals surface area contributed by atoms with Crippen molar-refractivity contribution in [3.8, 4) is 0 Å². The van der Waals surface area contributed by atoms with Gasteiger partial charge in [-0.1, -0.05) is 41.4 Å². The third kappa shape index (κ3) is 4.01. The molecular weight excluding hydrogens is 394 g/mol. The number of nitrogens with zero attached hydrogens (tertiary/aromatic N) is 1. The van der Waals surface area contributed by atoms with Crippen molar-refractivity contribution in [1.29, 1.82) is 0 Å². The topological polar surface area (TPSA) is 71.5 Å². The predicted octanol–water partition coefficient (Wildman–Crippen LogP) is 3.11. The maximum Gasteiger partial charge on any atom is 0.236 e. The molecule has 1 aliphatic heterocycles. The van der Waals surface area contributed by atoms with Gasteiger partial charge in [0.1, 0.15) is 0 Å². The van der Waals surface area contributed by atoms with Crippen molar-refractivity contribution in [2.45, 2.75) is 17.1 Å². The van der Waals surface area contributed by atoms with Crippen molar-refractivity contribution in [3.63, 3.8) is 0 Å². The highest BCUT2D eigenvalue weighted by Crippen LogP contribution is 2.27. The molecule has 5 nitrogen and oxygen atoms in total. The van der Waals surface area contributed by atoms with Gasteiger partial charge in [-0.3, -0.25) is 0 Å². The number of rotatable bonds is 5. The van der Waals surface area contributed by atoms with E-state index in [1.807, 2.05) is 31.2 Å². The number of sulfonamides is 1. The van der Waals surface area contributed by atoms with E-state index in [-0.39, 0.29) is 18.0 Å². The Morgan fingerprint density at radius 1 is 0.962 bits per heavy atom. The molecule has 0 spiro atoms. The molecule has 2 aromatic carbocycles. The normalized spacial score (nSPS) is 16.7. The molecule has 1 fully saturated rings. The molecule has 2 aromatic rings. The number of benzene rings is 2. The number of aryl methyl sites for hydroxylation is 1. The van der Waals surface area contributed by atoms with E-state index < -0.39 is 25.1 Å². The first kappa shape index (κ1) is 19.1. The molecule has 0 unspecified atom stereocenters. The Bertz CT molecular complexity index is 1020. The minimum absolute atomic E-state index is 0.0501. The van der Waals surface area contributed by atoms with Gasteiger partial charge in [0.05, 0.1) is 10.1 Å². The fraction of sp³-hybridized carbons (Fsp3) is 0.222. The average Bonchev–Trinajstić information content (AvgIpc) is 2.53. The van der Waals surface area contributed by atoms with E-state index in [9.17, 15) is 16.8 Å². The lowest BCUT2D eigenvalue weighted by atomic mass is 10.2. The summed E-state index contributed by atoms with van der Waals surface area (Å²) in [6.07, 6.45) is 1.51. The molecule has 0 saturated carbocycles. The van der Waals surface area contributed by atoms with Gasteiger partial charge in [0.15, 0.2) is 9.84 Å². The van der Waals surface area contributed by atoms with E-state index in [1.165, 1.54) is 30.3 Å². The van der Waals surface area contributed by atoms with Crippen LogP contribution in [0.5, 0.6) is 0 Å². The number of halogens is 1. The molecule has 1 heterocycles. The fourth-order valence-electron chi connectivity index (χ4n) is 2.55. The van der Waals surface area contributed by atoms with E-state index in [0.29, 0.717) is 5.02 Å². The summed E-state index contributed by atoms with van der Waals surface area (Å²) in [5, 5.41) is 0.817. The van der Waals surface area contributed by atoms with Crippen LogP contribution in [0.2, 0.25) is 5.02 Å². The van der Waals surface area contributed by atoms with E-state index in [2.05, 4.69) is 0 Å². The van der Waals surface area contributed by atoms with E-state index in [1.54, 1.807) is 0 Å². The molecule has 26 heavy (non-hydrogen) atoms. The van der Waals surface area contributed by atoms with Gasteiger partial charge in [-0.25, -0.2) is 16.8 Å². The number of sulfone groups is 1. The molecule has 1 aliphatic rings. The van der Waals surface area contributed by atoms with Gasteiger partial charge in [0.25, 0.3) is 0 Å². The first-order chi connectivity index (χ1) is 12.2. The zero-order valence-electron chi connectivity index (χ0n) is 14.0. The summed E-state index contributed by atoms with van der Waals surface area (Å²) in [5.41, 5.74) is 1.85. The van der Waals surface area contributed by atoms with E-state index >= 15 is 0 Å².